The number of nitrogens with zero attached hydrogens (tertiary/aromatic N) is 2. The maximum Gasteiger partial charge on any atom is 0.123 e. The van der Waals surface area contributed by atoms with Crippen molar-refractivity contribution >= 4 is 10.9 Å². The van der Waals surface area contributed by atoms with E-state index in [1.165, 1.54) is 29.7 Å². The van der Waals surface area contributed by atoms with Gasteiger partial charge in [-0.2, -0.15) is 5.10 Å². The Bertz CT molecular complexity index is 1050. The van der Waals surface area contributed by atoms with Gasteiger partial charge in [0.25, 0.3) is 0 Å². The molecule has 5 rings (SSSR count). The van der Waals surface area contributed by atoms with Gasteiger partial charge in [0.15, 0.2) is 0 Å². The van der Waals surface area contributed by atoms with Crippen molar-refractivity contribution in [2.45, 2.75) is 69.8 Å². The van der Waals surface area contributed by atoms with E-state index in [0.717, 1.165) is 55.1 Å². The standard InChI is InChI=1S/C25H29FN2O/c1-3-25-12-11-24(2,29)15-19(25)6-4-5-17-14-23-18(13-22(17)25)16-27-28(23)21-9-7-20(26)8-10-21/h7-10,13-14,16,19,29H,3-6,11-12,15H2,1-2H3/t19-,24+,25+/m1/s1. The fourth-order valence-electron chi connectivity index (χ4n) is 6.03. The summed E-state index contributed by atoms with van der Waals surface area (Å²) in [6, 6.07) is 11.2. The summed E-state index contributed by atoms with van der Waals surface area (Å²) < 4.78 is 15.3. The summed E-state index contributed by atoms with van der Waals surface area (Å²) in [7, 11) is 0. The van der Waals surface area contributed by atoms with Crippen molar-refractivity contribution in [3.63, 3.8) is 0 Å². The van der Waals surface area contributed by atoms with Crippen LogP contribution in [0.15, 0.2) is 42.6 Å². The third-order valence-electron chi connectivity index (χ3n) is 7.61. The molecule has 3 aromatic rings. The third kappa shape index (κ3) is 3.00. The summed E-state index contributed by atoms with van der Waals surface area (Å²) in [5.74, 6) is 0.297. The molecule has 0 amide bonds. The molecule has 2 aliphatic rings. The van der Waals surface area contributed by atoms with Gasteiger partial charge < -0.3 is 5.11 Å². The van der Waals surface area contributed by atoms with Crippen LogP contribution in [0.3, 0.4) is 0 Å². The molecule has 0 aliphatic heterocycles. The van der Waals surface area contributed by atoms with Gasteiger partial charge in [-0.1, -0.05) is 6.92 Å². The summed E-state index contributed by atoms with van der Waals surface area (Å²) in [5.41, 5.74) is 4.48. The van der Waals surface area contributed by atoms with Crippen molar-refractivity contribution in [2.24, 2.45) is 5.92 Å². The first-order valence-corrected chi connectivity index (χ1v) is 10.9. The molecule has 29 heavy (non-hydrogen) atoms. The minimum atomic E-state index is -0.536. The zero-order valence-electron chi connectivity index (χ0n) is 17.3. The van der Waals surface area contributed by atoms with Crippen molar-refractivity contribution in [1.82, 2.24) is 9.78 Å². The number of benzene rings is 2. The highest BCUT2D eigenvalue weighted by Crippen LogP contribution is 2.54. The fraction of sp³-hybridized carbons (Fsp3) is 0.480. The van der Waals surface area contributed by atoms with Gasteiger partial charge in [-0.25, -0.2) is 9.07 Å². The summed E-state index contributed by atoms with van der Waals surface area (Å²) in [5, 5.41) is 16.5. The van der Waals surface area contributed by atoms with E-state index in [4.69, 9.17) is 0 Å². The highest BCUT2D eigenvalue weighted by Gasteiger charge is 2.48. The van der Waals surface area contributed by atoms with Crippen molar-refractivity contribution in [2.75, 3.05) is 0 Å². The third-order valence-corrected chi connectivity index (χ3v) is 7.61. The van der Waals surface area contributed by atoms with Gasteiger partial charge in [-0.15, -0.1) is 0 Å². The van der Waals surface area contributed by atoms with E-state index in [0.29, 0.717) is 5.92 Å². The lowest BCUT2D eigenvalue weighted by Gasteiger charge is -2.49. The van der Waals surface area contributed by atoms with Crippen LogP contribution in [0.2, 0.25) is 0 Å². The van der Waals surface area contributed by atoms with Crippen molar-refractivity contribution in [1.29, 1.82) is 0 Å². The molecule has 1 heterocycles. The molecule has 0 saturated heterocycles. The Morgan fingerprint density at radius 1 is 1.21 bits per heavy atom. The second-order valence-corrected chi connectivity index (χ2v) is 9.40. The number of aryl methyl sites for hydroxylation is 1. The summed E-state index contributed by atoms with van der Waals surface area (Å²) >= 11 is 0. The quantitative estimate of drug-likeness (QED) is 0.607. The molecule has 152 valence electrons. The van der Waals surface area contributed by atoms with Crippen LogP contribution in [0.5, 0.6) is 0 Å². The minimum Gasteiger partial charge on any atom is -0.390 e. The lowest BCUT2D eigenvalue weighted by atomic mass is 9.57. The zero-order chi connectivity index (χ0) is 20.2. The van der Waals surface area contributed by atoms with E-state index in [9.17, 15) is 9.50 Å². The van der Waals surface area contributed by atoms with Crippen LogP contribution in [-0.4, -0.2) is 20.5 Å². The van der Waals surface area contributed by atoms with Gasteiger partial charge in [-0.05, 0) is 111 Å². The normalized spacial score (nSPS) is 29.3. The molecular formula is C25H29FN2O. The zero-order valence-corrected chi connectivity index (χ0v) is 17.3. The van der Waals surface area contributed by atoms with Gasteiger partial charge in [0.05, 0.1) is 23.0 Å². The predicted molar refractivity (Wildman–Crippen MR) is 114 cm³/mol. The van der Waals surface area contributed by atoms with Crippen LogP contribution in [0.1, 0.15) is 63.5 Å². The number of rotatable bonds is 2. The second kappa shape index (κ2) is 6.66. The van der Waals surface area contributed by atoms with Crippen molar-refractivity contribution in [3.8, 4) is 5.69 Å². The maximum atomic E-state index is 13.4. The molecule has 0 spiro atoms. The van der Waals surface area contributed by atoms with E-state index in [2.05, 4.69) is 24.2 Å². The van der Waals surface area contributed by atoms with Gasteiger partial charge in [-0.3, -0.25) is 0 Å². The first-order valence-electron chi connectivity index (χ1n) is 10.9. The molecule has 3 atom stereocenters. The molecular weight excluding hydrogens is 363 g/mol. The molecule has 1 aromatic heterocycles. The Morgan fingerprint density at radius 2 is 2.00 bits per heavy atom. The van der Waals surface area contributed by atoms with E-state index in [1.54, 1.807) is 12.1 Å². The summed E-state index contributed by atoms with van der Waals surface area (Å²) in [6.07, 6.45) is 9.26. The maximum absolute atomic E-state index is 13.4. The number of hydrogen-bond acceptors (Lipinski definition) is 2. The minimum absolute atomic E-state index is 0.153. The molecule has 0 bridgehead atoms. The van der Waals surface area contributed by atoms with Crippen LogP contribution < -0.4 is 0 Å². The van der Waals surface area contributed by atoms with E-state index in [1.807, 2.05) is 17.8 Å². The van der Waals surface area contributed by atoms with Crippen LogP contribution >= 0.6 is 0 Å². The molecule has 1 N–H and O–H groups in total. The fourth-order valence-corrected chi connectivity index (χ4v) is 6.03. The van der Waals surface area contributed by atoms with Gasteiger partial charge in [0.1, 0.15) is 5.82 Å². The number of halogens is 1. The highest BCUT2D eigenvalue weighted by molar-refractivity contribution is 5.82. The molecule has 2 aliphatic carbocycles. The van der Waals surface area contributed by atoms with Crippen LogP contribution in [-0.2, 0) is 11.8 Å². The molecule has 3 nitrogen and oxygen atoms in total. The van der Waals surface area contributed by atoms with Crippen LogP contribution in [0, 0.1) is 11.7 Å². The van der Waals surface area contributed by atoms with E-state index in [-0.39, 0.29) is 11.2 Å². The Kier molecular flexibility index (Phi) is 4.32. The van der Waals surface area contributed by atoms with Crippen molar-refractivity contribution < 1.29 is 9.50 Å². The van der Waals surface area contributed by atoms with Crippen LogP contribution in [0.4, 0.5) is 4.39 Å². The Morgan fingerprint density at radius 3 is 2.76 bits per heavy atom. The molecule has 1 saturated carbocycles. The Labute approximate surface area is 171 Å². The number of hydrogen-bond donors (Lipinski definition) is 1. The summed E-state index contributed by atoms with van der Waals surface area (Å²) in [6.45, 7) is 4.32. The lowest BCUT2D eigenvalue weighted by Crippen LogP contribution is -2.46. The van der Waals surface area contributed by atoms with Crippen LogP contribution in [0.25, 0.3) is 16.6 Å². The average molecular weight is 393 g/mol. The molecule has 4 heteroatoms. The predicted octanol–water partition coefficient (Wildman–Crippen LogP) is 5.70. The summed E-state index contributed by atoms with van der Waals surface area (Å²) in [4.78, 5) is 0. The molecule has 2 aromatic carbocycles. The van der Waals surface area contributed by atoms with Crippen molar-refractivity contribution in [3.05, 3.63) is 59.5 Å². The SMILES string of the molecule is CC[C@]12CC[C@](C)(O)C[C@H]1CCCc1cc3c(cnn3-c3ccc(F)cc3)cc12. The molecule has 0 unspecified atom stereocenters. The molecule has 1 fully saturated rings. The average Bonchev–Trinajstić information content (AvgIpc) is 3.04. The van der Waals surface area contributed by atoms with Gasteiger partial charge in [0, 0.05) is 5.39 Å². The topological polar surface area (TPSA) is 38.1 Å². The second-order valence-electron chi connectivity index (χ2n) is 9.40. The Hall–Kier alpha value is -2.20. The number of fused-ring (bicyclic) bond motifs is 4. The number of aromatic nitrogens is 2. The highest BCUT2D eigenvalue weighted by atomic mass is 19.1. The first-order chi connectivity index (χ1) is 13.9. The lowest BCUT2D eigenvalue weighted by molar-refractivity contribution is -0.0339. The smallest absolute Gasteiger partial charge is 0.123 e. The number of aliphatic hydroxyl groups is 1. The van der Waals surface area contributed by atoms with Gasteiger partial charge >= 0.3 is 0 Å². The monoisotopic (exact) mass is 392 g/mol. The largest absolute Gasteiger partial charge is 0.390 e. The Balaban J connectivity index is 1.65. The van der Waals surface area contributed by atoms with Gasteiger partial charge in [0.2, 0.25) is 0 Å². The van der Waals surface area contributed by atoms with E-state index >= 15 is 0 Å². The first kappa shape index (κ1) is 18.8. The molecule has 0 radical (unpaired) electrons. The van der Waals surface area contributed by atoms with E-state index < -0.39 is 5.60 Å².